The molecule has 0 spiro atoms. The average Bonchev–Trinajstić information content (AvgIpc) is 3.30. The van der Waals surface area contributed by atoms with E-state index in [1.807, 2.05) is 72.8 Å². The largest absolute Gasteiger partial charge is 0.507 e. The van der Waals surface area contributed by atoms with Gasteiger partial charge in [0, 0.05) is 16.5 Å². The molecule has 0 saturated carbocycles. The summed E-state index contributed by atoms with van der Waals surface area (Å²) >= 11 is 0. The van der Waals surface area contributed by atoms with E-state index in [2.05, 4.69) is 51.1 Å². The van der Waals surface area contributed by atoms with Gasteiger partial charge in [-0.05, 0) is 114 Å². The highest BCUT2D eigenvalue weighted by Crippen LogP contribution is 2.39. The van der Waals surface area contributed by atoms with E-state index in [1.165, 1.54) is 18.2 Å². The predicted molar refractivity (Wildman–Crippen MR) is 249 cm³/mol. The molecule has 0 heterocycles. The normalized spacial score (nSPS) is 11.9. The summed E-state index contributed by atoms with van der Waals surface area (Å²) in [5.41, 5.74) is 32.6. The molecule has 10 N–H and O–H groups in total. The quantitative estimate of drug-likeness (QED) is 0.0510. The van der Waals surface area contributed by atoms with Crippen LogP contribution in [-0.2, 0) is 0 Å². The van der Waals surface area contributed by atoms with Crippen LogP contribution in [0.25, 0.3) is 21.9 Å². The van der Waals surface area contributed by atoms with Gasteiger partial charge >= 0.3 is 5.97 Å². The molecule has 8 aromatic carbocycles. The smallest absolute Gasteiger partial charge is 0.339 e. The second-order valence-corrected chi connectivity index (χ2v) is 14.1. The van der Waals surface area contributed by atoms with Gasteiger partial charge in [0.05, 0.1) is 56.9 Å². The predicted octanol–water partition coefficient (Wildman–Crippen LogP) is 14.3. The number of nitrogens with two attached hydrogens (primary N) is 4. The highest BCUT2D eigenvalue weighted by atomic mass is 16.4. The van der Waals surface area contributed by atoms with E-state index in [9.17, 15) is 15.0 Å². The van der Waals surface area contributed by atoms with Crippen LogP contribution in [-0.4, -0.2) is 16.2 Å². The second kappa shape index (κ2) is 18.4. The van der Waals surface area contributed by atoms with E-state index in [4.69, 9.17) is 22.9 Å². The third kappa shape index (κ3) is 9.75. The number of carboxylic acid groups (broad SMARTS) is 1. The highest BCUT2D eigenvalue weighted by molar-refractivity contribution is 5.99. The number of nitrogens with zero attached hydrogens (tertiary/aromatic N) is 10. The number of carbonyl (C=O) groups is 1. The van der Waals surface area contributed by atoms with Crippen LogP contribution in [0.15, 0.2) is 209 Å². The fourth-order valence-corrected chi connectivity index (χ4v) is 6.26. The molecule has 0 fully saturated rings. The molecule has 0 amide bonds. The van der Waals surface area contributed by atoms with E-state index < -0.39 is 5.97 Å². The first-order valence-corrected chi connectivity index (χ1v) is 19.4. The zero-order chi connectivity index (χ0) is 44.6. The van der Waals surface area contributed by atoms with E-state index >= 15 is 0 Å². The maximum absolute atomic E-state index is 11.3. The van der Waals surface area contributed by atoms with Crippen molar-refractivity contribution in [1.82, 2.24) is 0 Å². The van der Waals surface area contributed by atoms with Gasteiger partial charge in [-0.2, -0.15) is 25.6 Å². The van der Waals surface area contributed by atoms with Gasteiger partial charge in [0.25, 0.3) is 0 Å². The van der Waals surface area contributed by atoms with Gasteiger partial charge in [-0.3, -0.25) is 0 Å². The third-order valence-corrected chi connectivity index (χ3v) is 9.58. The first kappa shape index (κ1) is 41.2. The van der Waals surface area contributed by atoms with Gasteiger partial charge in [-0.15, -0.1) is 25.6 Å². The number of nitrogen functional groups attached to an aromatic ring is 4. The number of aromatic hydroxyl groups is 1. The van der Waals surface area contributed by atoms with Crippen molar-refractivity contribution in [3.63, 3.8) is 0 Å². The van der Waals surface area contributed by atoms with Crippen molar-refractivity contribution in [2.75, 3.05) is 22.9 Å². The molecular formula is C47H36N14O3. The molecule has 0 saturated heterocycles. The molecule has 8 aromatic rings. The van der Waals surface area contributed by atoms with Crippen molar-refractivity contribution in [2.45, 2.75) is 0 Å². The number of aromatic carboxylic acids is 1. The maximum atomic E-state index is 11.3. The lowest BCUT2D eigenvalue weighted by atomic mass is 10.1. The number of hydrogen-bond acceptors (Lipinski definition) is 16. The van der Waals surface area contributed by atoms with Crippen molar-refractivity contribution in [1.29, 1.82) is 0 Å². The molecule has 312 valence electrons. The van der Waals surface area contributed by atoms with Crippen molar-refractivity contribution in [2.24, 2.45) is 51.1 Å². The van der Waals surface area contributed by atoms with Crippen molar-refractivity contribution >= 4 is 96.4 Å². The number of rotatable bonds is 12. The third-order valence-electron chi connectivity index (χ3n) is 9.58. The van der Waals surface area contributed by atoms with Crippen LogP contribution in [0.3, 0.4) is 0 Å². The van der Waals surface area contributed by atoms with Crippen LogP contribution in [0.2, 0.25) is 0 Å². The summed E-state index contributed by atoms with van der Waals surface area (Å²) in [5, 5.41) is 64.1. The van der Waals surface area contributed by atoms with E-state index in [1.54, 1.807) is 66.7 Å². The number of fused-ring (bicyclic) bond motifs is 1. The number of carboxylic acids is 1. The van der Waals surface area contributed by atoms with Crippen LogP contribution in [0, 0.1) is 0 Å². The van der Waals surface area contributed by atoms with Crippen LogP contribution in [0.4, 0.5) is 79.6 Å². The molecule has 0 aliphatic rings. The summed E-state index contributed by atoms with van der Waals surface area (Å²) in [6.07, 6.45) is 0. The molecule has 0 aliphatic carbocycles. The van der Waals surface area contributed by atoms with E-state index in [0.717, 1.165) is 21.9 Å². The maximum Gasteiger partial charge on any atom is 0.339 e. The molecule has 8 rings (SSSR count). The van der Waals surface area contributed by atoms with Crippen LogP contribution < -0.4 is 22.9 Å². The Hall–Kier alpha value is -9.51. The first-order chi connectivity index (χ1) is 31.1. The Morgan fingerprint density at radius 3 is 1.39 bits per heavy atom. The Morgan fingerprint density at radius 2 is 0.812 bits per heavy atom. The fourth-order valence-electron chi connectivity index (χ4n) is 6.26. The minimum absolute atomic E-state index is 0.248. The lowest BCUT2D eigenvalue weighted by Crippen LogP contribution is -1.95. The highest BCUT2D eigenvalue weighted by Gasteiger charge is 2.11. The van der Waals surface area contributed by atoms with Crippen LogP contribution >= 0.6 is 0 Å². The molecule has 0 atom stereocenters. The molecule has 17 heteroatoms. The zero-order valence-electron chi connectivity index (χ0n) is 33.6. The molecule has 0 aromatic heterocycles. The van der Waals surface area contributed by atoms with E-state index in [0.29, 0.717) is 79.6 Å². The van der Waals surface area contributed by atoms with Gasteiger partial charge in [-0.1, -0.05) is 54.6 Å². The average molecular weight is 845 g/mol. The van der Waals surface area contributed by atoms with Crippen molar-refractivity contribution in [3.05, 3.63) is 163 Å². The Kier molecular flexibility index (Phi) is 11.9. The summed E-state index contributed by atoms with van der Waals surface area (Å²) in [6.45, 7) is 0. The van der Waals surface area contributed by atoms with Crippen molar-refractivity contribution in [3.8, 4) is 16.9 Å². The van der Waals surface area contributed by atoms with Gasteiger partial charge in [0.2, 0.25) is 0 Å². The summed E-state index contributed by atoms with van der Waals surface area (Å²) < 4.78 is 0. The Labute approximate surface area is 364 Å². The fraction of sp³-hybridized carbons (Fsp3) is 0. The molecule has 17 nitrogen and oxygen atoms in total. The molecule has 64 heavy (non-hydrogen) atoms. The summed E-state index contributed by atoms with van der Waals surface area (Å²) in [5.74, 6) is -1.59. The van der Waals surface area contributed by atoms with Crippen LogP contribution in [0.5, 0.6) is 5.75 Å². The number of benzene rings is 8. The zero-order valence-corrected chi connectivity index (χ0v) is 33.6. The van der Waals surface area contributed by atoms with Crippen molar-refractivity contribution < 1.29 is 15.0 Å². The molecule has 0 radical (unpaired) electrons. The topological polar surface area (TPSA) is 285 Å². The lowest BCUT2D eigenvalue weighted by Gasteiger charge is -2.06. The molecular weight excluding hydrogens is 809 g/mol. The Morgan fingerprint density at radius 1 is 0.375 bits per heavy atom. The minimum atomic E-state index is -1.25. The Balaban J connectivity index is 0.942. The monoisotopic (exact) mass is 844 g/mol. The molecule has 0 unspecified atom stereocenters. The SMILES string of the molecule is Nc1ccc(N=Nc2cccc(N=Nc3cc(N=Nc4ccc(N=Nc5ccc(-c6ccc(N=Nc7ccc(O)c(C(=O)O)c7)cc6)cc5)c5ccccc45)c(N)cc3N)c2)c(N)c1. The number of hydrogen-bond donors (Lipinski definition) is 6. The first-order valence-electron chi connectivity index (χ1n) is 19.4. The lowest BCUT2D eigenvalue weighted by molar-refractivity contribution is 0.0693. The molecule has 0 bridgehead atoms. The Bertz CT molecular complexity index is 3200. The summed E-state index contributed by atoms with van der Waals surface area (Å²) in [7, 11) is 0. The minimum Gasteiger partial charge on any atom is -0.507 e. The van der Waals surface area contributed by atoms with Gasteiger partial charge < -0.3 is 33.1 Å². The van der Waals surface area contributed by atoms with E-state index in [-0.39, 0.29) is 11.3 Å². The second-order valence-electron chi connectivity index (χ2n) is 14.1. The summed E-state index contributed by atoms with van der Waals surface area (Å²) in [4.78, 5) is 11.3. The number of anilines is 4. The van der Waals surface area contributed by atoms with Gasteiger partial charge in [0.1, 0.15) is 28.4 Å². The number of azo groups is 5. The van der Waals surface area contributed by atoms with Crippen LogP contribution in [0.1, 0.15) is 10.4 Å². The van der Waals surface area contributed by atoms with Gasteiger partial charge in [-0.25, -0.2) is 4.79 Å². The summed E-state index contributed by atoms with van der Waals surface area (Å²) in [6, 6.07) is 45.6. The number of phenols is 1. The standard InChI is InChI=1S/C47H36N14O3/c48-29-12-18-43(38(49)22-29)59-55-32-4-3-5-33(23-32)56-60-44-26-45(40(51)25-39(44)50)61-58-42-20-19-41(35-6-1-2-7-36(35)42)57-53-31-15-10-28(11-16-31)27-8-13-30(14-9-27)52-54-34-17-21-46(62)37(24-34)47(63)64/h1-26,62H,48-51H2,(H,63,64). The molecule has 0 aliphatic heterocycles. The van der Waals surface area contributed by atoms with Gasteiger partial charge in [0.15, 0.2) is 0 Å².